The third kappa shape index (κ3) is 4.91. The van der Waals surface area contributed by atoms with Gasteiger partial charge in [0.1, 0.15) is 5.69 Å². The number of amides is 1. The van der Waals surface area contributed by atoms with E-state index in [9.17, 15) is 19.7 Å². The molecule has 0 aliphatic carbocycles. The highest BCUT2D eigenvalue weighted by Gasteiger charge is 2.15. The summed E-state index contributed by atoms with van der Waals surface area (Å²) >= 11 is 0. The second kappa shape index (κ2) is 7.87. The van der Waals surface area contributed by atoms with Gasteiger partial charge in [-0.15, -0.1) is 0 Å². The summed E-state index contributed by atoms with van der Waals surface area (Å²) < 4.78 is 4.89. The van der Waals surface area contributed by atoms with E-state index in [0.29, 0.717) is 0 Å². The van der Waals surface area contributed by atoms with Crippen molar-refractivity contribution in [3.05, 3.63) is 69.8 Å². The van der Waals surface area contributed by atoms with Gasteiger partial charge >= 0.3 is 5.97 Å². The molecule has 0 atom stereocenters. The van der Waals surface area contributed by atoms with Crippen molar-refractivity contribution in [2.24, 2.45) is 0 Å². The number of nitrogens with one attached hydrogen (secondary N) is 1. The standard InChI is InChI=1S/C17H16N2O5/c1-12-6-8-13(9-7-12)10-17(21)24-11-16(20)18-14-4-2-3-5-15(14)19(22)23/h2-9H,10-11H2,1H3,(H,18,20). The number of anilines is 1. The Balaban J connectivity index is 1.86. The molecule has 0 aliphatic rings. The van der Waals surface area contributed by atoms with E-state index in [1.807, 2.05) is 31.2 Å². The van der Waals surface area contributed by atoms with E-state index < -0.39 is 23.4 Å². The minimum absolute atomic E-state index is 0.0546. The number of ether oxygens (including phenoxy) is 1. The number of nitro groups is 1. The highest BCUT2D eigenvalue weighted by atomic mass is 16.6. The Morgan fingerprint density at radius 1 is 1.12 bits per heavy atom. The molecular formula is C17H16N2O5. The predicted octanol–water partition coefficient (Wildman–Crippen LogP) is 2.63. The SMILES string of the molecule is Cc1ccc(CC(=O)OCC(=O)Nc2ccccc2[N+](=O)[O-])cc1. The van der Waals surface area contributed by atoms with E-state index in [2.05, 4.69) is 5.32 Å². The van der Waals surface area contributed by atoms with Gasteiger partial charge in [0.25, 0.3) is 11.6 Å². The van der Waals surface area contributed by atoms with Gasteiger partial charge in [-0.05, 0) is 18.6 Å². The van der Waals surface area contributed by atoms with Crippen LogP contribution in [0.5, 0.6) is 0 Å². The Labute approximate surface area is 138 Å². The van der Waals surface area contributed by atoms with Gasteiger partial charge in [-0.2, -0.15) is 0 Å². The lowest BCUT2D eigenvalue weighted by Crippen LogP contribution is -2.22. The van der Waals surface area contributed by atoms with E-state index in [-0.39, 0.29) is 17.8 Å². The van der Waals surface area contributed by atoms with Crippen LogP contribution >= 0.6 is 0 Å². The normalized spacial score (nSPS) is 10.0. The molecule has 0 saturated carbocycles. The molecule has 0 spiro atoms. The summed E-state index contributed by atoms with van der Waals surface area (Å²) in [6.07, 6.45) is 0.0546. The maximum atomic E-state index is 11.8. The van der Waals surface area contributed by atoms with Crippen LogP contribution in [0.15, 0.2) is 48.5 Å². The first-order valence-corrected chi connectivity index (χ1v) is 7.20. The lowest BCUT2D eigenvalue weighted by Gasteiger charge is -2.07. The molecule has 2 aromatic rings. The topological polar surface area (TPSA) is 98.5 Å². The van der Waals surface area contributed by atoms with Crippen molar-refractivity contribution in [2.75, 3.05) is 11.9 Å². The number of carbonyl (C=O) groups is 2. The molecule has 1 N–H and O–H groups in total. The van der Waals surface area contributed by atoms with E-state index in [0.717, 1.165) is 11.1 Å². The van der Waals surface area contributed by atoms with Crippen LogP contribution in [-0.2, 0) is 20.7 Å². The molecule has 0 radical (unpaired) electrons. The van der Waals surface area contributed by atoms with Crippen molar-refractivity contribution in [2.45, 2.75) is 13.3 Å². The third-order valence-corrected chi connectivity index (χ3v) is 3.21. The van der Waals surface area contributed by atoms with E-state index >= 15 is 0 Å². The number of hydrogen-bond donors (Lipinski definition) is 1. The molecular weight excluding hydrogens is 312 g/mol. The molecule has 7 nitrogen and oxygen atoms in total. The quantitative estimate of drug-likeness (QED) is 0.499. The first kappa shape index (κ1) is 17.1. The molecule has 24 heavy (non-hydrogen) atoms. The summed E-state index contributed by atoms with van der Waals surface area (Å²) in [5, 5.41) is 13.2. The molecule has 2 rings (SSSR count). The number of hydrogen-bond acceptors (Lipinski definition) is 5. The molecule has 0 unspecified atom stereocenters. The van der Waals surface area contributed by atoms with Crippen molar-refractivity contribution < 1.29 is 19.2 Å². The summed E-state index contributed by atoms with van der Waals surface area (Å²) in [5.74, 6) is -1.18. The first-order valence-electron chi connectivity index (χ1n) is 7.20. The second-order valence-electron chi connectivity index (χ2n) is 5.15. The maximum absolute atomic E-state index is 11.8. The first-order chi connectivity index (χ1) is 11.5. The van der Waals surface area contributed by atoms with Gasteiger partial charge in [0.15, 0.2) is 6.61 Å². The van der Waals surface area contributed by atoms with Crippen LogP contribution in [0.25, 0.3) is 0 Å². The molecule has 1 amide bonds. The van der Waals surface area contributed by atoms with Gasteiger partial charge < -0.3 is 10.1 Å². The van der Waals surface area contributed by atoms with Gasteiger partial charge in [0.05, 0.1) is 11.3 Å². The Morgan fingerprint density at radius 3 is 2.46 bits per heavy atom. The van der Waals surface area contributed by atoms with E-state index in [4.69, 9.17) is 4.74 Å². The zero-order valence-electron chi connectivity index (χ0n) is 13.0. The molecule has 0 aromatic heterocycles. The largest absolute Gasteiger partial charge is 0.455 e. The number of benzene rings is 2. The van der Waals surface area contributed by atoms with Crippen molar-refractivity contribution in [1.29, 1.82) is 0 Å². The summed E-state index contributed by atoms with van der Waals surface area (Å²) in [6, 6.07) is 13.1. The van der Waals surface area contributed by atoms with Crippen molar-refractivity contribution in [3.63, 3.8) is 0 Å². The van der Waals surface area contributed by atoms with Crippen LogP contribution in [0.1, 0.15) is 11.1 Å². The molecule has 0 saturated heterocycles. The molecule has 7 heteroatoms. The highest BCUT2D eigenvalue weighted by Crippen LogP contribution is 2.22. The van der Waals surface area contributed by atoms with Crippen LogP contribution in [0, 0.1) is 17.0 Å². The molecule has 0 heterocycles. The van der Waals surface area contributed by atoms with Crippen molar-refractivity contribution in [1.82, 2.24) is 0 Å². The maximum Gasteiger partial charge on any atom is 0.310 e. The average molecular weight is 328 g/mol. The fraction of sp³-hybridized carbons (Fsp3) is 0.176. The highest BCUT2D eigenvalue weighted by molar-refractivity contribution is 5.94. The van der Waals surface area contributed by atoms with Crippen LogP contribution in [0.4, 0.5) is 11.4 Å². The summed E-state index contributed by atoms with van der Waals surface area (Å²) in [4.78, 5) is 33.8. The van der Waals surface area contributed by atoms with Crippen molar-refractivity contribution in [3.8, 4) is 0 Å². The third-order valence-electron chi connectivity index (χ3n) is 3.21. The lowest BCUT2D eigenvalue weighted by molar-refractivity contribution is -0.383. The minimum atomic E-state index is -0.637. The Kier molecular flexibility index (Phi) is 5.62. The van der Waals surface area contributed by atoms with Crippen LogP contribution in [0.2, 0.25) is 0 Å². The van der Waals surface area contributed by atoms with Gasteiger partial charge in [0, 0.05) is 6.07 Å². The Bertz CT molecular complexity index is 756. The Morgan fingerprint density at radius 2 is 1.79 bits per heavy atom. The fourth-order valence-corrected chi connectivity index (χ4v) is 1.99. The van der Waals surface area contributed by atoms with Crippen molar-refractivity contribution >= 4 is 23.3 Å². The molecule has 0 bridgehead atoms. The average Bonchev–Trinajstić information content (AvgIpc) is 2.55. The number of aryl methyl sites for hydroxylation is 1. The monoisotopic (exact) mass is 328 g/mol. The predicted molar refractivity (Wildman–Crippen MR) is 87.6 cm³/mol. The number of nitrogens with zero attached hydrogens (tertiary/aromatic N) is 1. The zero-order chi connectivity index (χ0) is 17.5. The summed E-state index contributed by atoms with van der Waals surface area (Å²) in [7, 11) is 0. The van der Waals surface area contributed by atoms with Gasteiger partial charge in [0.2, 0.25) is 0 Å². The smallest absolute Gasteiger partial charge is 0.310 e. The number of carbonyl (C=O) groups excluding carboxylic acids is 2. The van der Waals surface area contributed by atoms with Crippen LogP contribution < -0.4 is 5.32 Å². The van der Waals surface area contributed by atoms with Crippen LogP contribution in [0.3, 0.4) is 0 Å². The zero-order valence-corrected chi connectivity index (χ0v) is 13.0. The summed E-state index contributed by atoms with van der Waals surface area (Å²) in [5.41, 5.74) is 1.69. The number of para-hydroxylation sites is 2. The number of esters is 1. The summed E-state index contributed by atoms with van der Waals surface area (Å²) in [6.45, 7) is 1.44. The number of nitro benzene ring substituents is 1. The van der Waals surface area contributed by atoms with Gasteiger partial charge in [-0.3, -0.25) is 19.7 Å². The fourth-order valence-electron chi connectivity index (χ4n) is 1.99. The molecule has 124 valence electrons. The Hall–Kier alpha value is -3.22. The van der Waals surface area contributed by atoms with E-state index in [1.165, 1.54) is 18.2 Å². The minimum Gasteiger partial charge on any atom is -0.455 e. The van der Waals surface area contributed by atoms with Gasteiger partial charge in [-0.25, -0.2) is 0 Å². The molecule has 0 aliphatic heterocycles. The molecule has 0 fully saturated rings. The second-order valence-corrected chi connectivity index (χ2v) is 5.15. The van der Waals surface area contributed by atoms with Crippen LogP contribution in [-0.4, -0.2) is 23.4 Å². The lowest BCUT2D eigenvalue weighted by atomic mass is 10.1. The molecule has 2 aromatic carbocycles. The number of rotatable bonds is 6. The van der Waals surface area contributed by atoms with Gasteiger partial charge in [-0.1, -0.05) is 42.0 Å². The van der Waals surface area contributed by atoms with E-state index in [1.54, 1.807) is 6.07 Å².